The summed E-state index contributed by atoms with van der Waals surface area (Å²) < 4.78 is 5.80. The second-order valence-electron chi connectivity index (χ2n) is 8.68. The lowest BCUT2D eigenvalue weighted by Gasteiger charge is -2.38. The molecule has 0 saturated carbocycles. The molecule has 9 heteroatoms. The van der Waals surface area contributed by atoms with Gasteiger partial charge in [0.1, 0.15) is 18.8 Å². The van der Waals surface area contributed by atoms with Crippen LogP contribution in [0, 0.1) is 0 Å². The first-order valence-electron chi connectivity index (χ1n) is 11.8. The number of amides is 1. The molecule has 0 radical (unpaired) electrons. The van der Waals surface area contributed by atoms with E-state index in [9.17, 15) is 15.0 Å². The van der Waals surface area contributed by atoms with Crippen LogP contribution in [0.4, 0.5) is 11.5 Å². The number of phenols is 1. The third kappa shape index (κ3) is 4.35. The zero-order chi connectivity index (χ0) is 24.4. The molecule has 0 unspecified atom stereocenters. The number of benzene rings is 2. The maximum Gasteiger partial charge on any atom is 0.246 e. The van der Waals surface area contributed by atoms with Crippen molar-refractivity contribution in [2.24, 2.45) is 0 Å². The van der Waals surface area contributed by atoms with Gasteiger partial charge in [0.05, 0.1) is 24.5 Å². The van der Waals surface area contributed by atoms with E-state index in [4.69, 9.17) is 4.74 Å². The highest BCUT2D eigenvalue weighted by Crippen LogP contribution is 2.45. The lowest BCUT2D eigenvalue weighted by molar-refractivity contribution is -0.126. The summed E-state index contributed by atoms with van der Waals surface area (Å²) >= 11 is 0. The SMILES string of the molecule is C=CC(=O)N1CCN(c2ncnc3c2CCN(c2c(OCCO)c(O)cc4ccccc24)C3)CC1. The number of aliphatic hydroxyl groups is 1. The number of anilines is 2. The number of piperazine rings is 1. The second kappa shape index (κ2) is 9.79. The lowest BCUT2D eigenvalue weighted by atomic mass is 10.0. The molecule has 5 rings (SSSR count). The van der Waals surface area contributed by atoms with Crippen LogP contribution < -0.4 is 14.5 Å². The van der Waals surface area contributed by atoms with Gasteiger partial charge >= 0.3 is 0 Å². The number of nitrogens with zero attached hydrogens (tertiary/aromatic N) is 5. The molecular formula is C26H29N5O4. The molecule has 9 nitrogen and oxygen atoms in total. The van der Waals surface area contributed by atoms with Crippen LogP contribution in [0.2, 0.25) is 0 Å². The van der Waals surface area contributed by atoms with Gasteiger partial charge in [-0.3, -0.25) is 4.79 Å². The standard InChI is InChI=1S/C26H29N5O4/c1-2-23(34)29-9-11-30(12-10-29)26-20-7-8-31(16-21(20)27-17-28-26)24-19-6-4-3-5-18(19)15-22(33)25(24)35-14-13-32/h2-6,15,17,32-33H,1,7-14,16H2. The quantitative estimate of drug-likeness (QED) is 0.523. The van der Waals surface area contributed by atoms with Crippen LogP contribution in [-0.4, -0.2) is 76.9 Å². The van der Waals surface area contributed by atoms with Crippen LogP contribution in [0.3, 0.4) is 0 Å². The third-order valence-electron chi connectivity index (χ3n) is 6.66. The maximum absolute atomic E-state index is 11.9. The molecule has 0 bridgehead atoms. The Hall–Kier alpha value is -3.85. The van der Waals surface area contributed by atoms with E-state index in [2.05, 4.69) is 26.3 Å². The van der Waals surface area contributed by atoms with Crippen LogP contribution in [0.15, 0.2) is 49.3 Å². The van der Waals surface area contributed by atoms with Crippen molar-refractivity contribution >= 4 is 28.2 Å². The minimum Gasteiger partial charge on any atom is -0.504 e. The molecule has 2 aromatic carbocycles. The molecule has 2 aliphatic heterocycles. The zero-order valence-corrected chi connectivity index (χ0v) is 19.6. The van der Waals surface area contributed by atoms with Gasteiger partial charge in [-0.25, -0.2) is 9.97 Å². The highest BCUT2D eigenvalue weighted by molar-refractivity contribution is 5.99. The molecule has 1 saturated heterocycles. The molecule has 0 spiro atoms. The first-order valence-corrected chi connectivity index (χ1v) is 11.8. The van der Waals surface area contributed by atoms with Gasteiger partial charge < -0.3 is 29.6 Å². The Labute approximate surface area is 203 Å². The molecular weight excluding hydrogens is 446 g/mol. The molecule has 2 N–H and O–H groups in total. The summed E-state index contributed by atoms with van der Waals surface area (Å²) in [5.41, 5.74) is 2.86. The van der Waals surface area contributed by atoms with Crippen LogP contribution >= 0.6 is 0 Å². The largest absolute Gasteiger partial charge is 0.504 e. The number of carbonyl (C=O) groups is 1. The molecule has 3 aromatic rings. The molecule has 35 heavy (non-hydrogen) atoms. The fourth-order valence-electron chi connectivity index (χ4n) is 4.97. The Morgan fingerprint density at radius 2 is 1.91 bits per heavy atom. The van der Waals surface area contributed by atoms with E-state index in [-0.39, 0.29) is 24.9 Å². The van der Waals surface area contributed by atoms with Crippen molar-refractivity contribution in [2.45, 2.75) is 13.0 Å². The van der Waals surface area contributed by atoms with Crippen LogP contribution in [0.1, 0.15) is 11.3 Å². The molecule has 1 amide bonds. The summed E-state index contributed by atoms with van der Waals surface area (Å²) in [5, 5.41) is 21.9. The number of aromatic nitrogens is 2. The number of aromatic hydroxyl groups is 1. The number of rotatable bonds is 6. The first kappa shape index (κ1) is 22.9. The maximum atomic E-state index is 11.9. The highest BCUT2D eigenvalue weighted by atomic mass is 16.5. The Morgan fingerprint density at radius 3 is 2.69 bits per heavy atom. The van der Waals surface area contributed by atoms with Gasteiger partial charge in [-0.15, -0.1) is 0 Å². The van der Waals surface area contributed by atoms with Crippen molar-refractivity contribution in [3.05, 3.63) is 60.6 Å². The highest BCUT2D eigenvalue weighted by Gasteiger charge is 2.29. The molecule has 2 aliphatic rings. The molecule has 1 aromatic heterocycles. The number of carbonyl (C=O) groups excluding carboxylic acids is 1. The average Bonchev–Trinajstić information content (AvgIpc) is 2.90. The Bertz CT molecular complexity index is 1260. The molecule has 1 fully saturated rings. The number of hydrogen-bond donors (Lipinski definition) is 2. The minimum absolute atomic E-state index is 0.0393. The summed E-state index contributed by atoms with van der Waals surface area (Å²) in [6.07, 6.45) is 3.70. The van der Waals surface area contributed by atoms with Gasteiger partial charge in [0.2, 0.25) is 5.91 Å². The molecule has 3 heterocycles. The topological polar surface area (TPSA) is 102 Å². The van der Waals surface area contributed by atoms with E-state index in [1.54, 1.807) is 17.3 Å². The van der Waals surface area contributed by atoms with Gasteiger partial charge in [0, 0.05) is 43.7 Å². The third-order valence-corrected chi connectivity index (χ3v) is 6.66. The zero-order valence-electron chi connectivity index (χ0n) is 19.6. The van der Waals surface area contributed by atoms with Gasteiger partial charge in [0.15, 0.2) is 11.5 Å². The fraction of sp³-hybridized carbons (Fsp3) is 0.346. The van der Waals surface area contributed by atoms with Crippen molar-refractivity contribution in [1.82, 2.24) is 14.9 Å². The average molecular weight is 476 g/mol. The Kier molecular flexibility index (Phi) is 6.41. The van der Waals surface area contributed by atoms with E-state index in [1.807, 2.05) is 24.3 Å². The lowest BCUT2D eigenvalue weighted by Crippen LogP contribution is -2.49. The summed E-state index contributed by atoms with van der Waals surface area (Å²) in [5.74, 6) is 1.31. The normalized spacial score (nSPS) is 15.7. The van der Waals surface area contributed by atoms with Gasteiger partial charge in [-0.1, -0.05) is 30.8 Å². The van der Waals surface area contributed by atoms with Crippen molar-refractivity contribution < 1.29 is 19.7 Å². The first-order chi connectivity index (χ1) is 17.1. The van der Waals surface area contributed by atoms with E-state index < -0.39 is 0 Å². The molecule has 182 valence electrons. The number of ether oxygens (including phenoxy) is 1. The molecule has 0 atom stereocenters. The van der Waals surface area contributed by atoms with Crippen molar-refractivity contribution in [3.63, 3.8) is 0 Å². The predicted molar refractivity (Wildman–Crippen MR) is 134 cm³/mol. The number of hydrogen-bond acceptors (Lipinski definition) is 8. The number of aliphatic hydroxyl groups excluding tert-OH is 1. The van der Waals surface area contributed by atoms with Crippen molar-refractivity contribution in [2.75, 3.05) is 55.7 Å². The Balaban J connectivity index is 1.45. The second-order valence-corrected chi connectivity index (χ2v) is 8.68. The minimum atomic E-state index is -0.142. The Morgan fingerprint density at radius 1 is 1.11 bits per heavy atom. The van der Waals surface area contributed by atoms with Crippen molar-refractivity contribution in [3.8, 4) is 11.5 Å². The van der Waals surface area contributed by atoms with Crippen LogP contribution in [0.25, 0.3) is 10.8 Å². The van der Waals surface area contributed by atoms with Crippen molar-refractivity contribution in [1.29, 1.82) is 0 Å². The predicted octanol–water partition coefficient (Wildman–Crippen LogP) is 2.10. The van der Waals surface area contributed by atoms with Gasteiger partial charge in [0.25, 0.3) is 0 Å². The van der Waals surface area contributed by atoms with E-state index in [0.29, 0.717) is 45.0 Å². The molecule has 0 aliphatic carbocycles. The van der Waals surface area contributed by atoms with E-state index in [0.717, 1.165) is 40.0 Å². The van der Waals surface area contributed by atoms with Crippen LogP contribution in [-0.2, 0) is 17.8 Å². The summed E-state index contributed by atoms with van der Waals surface area (Å²) in [7, 11) is 0. The van der Waals surface area contributed by atoms with E-state index in [1.165, 1.54) is 6.08 Å². The smallest absolute Gasteiger partial charge is 0.246 e. The number of phenolic OH excluding ortho intramolecular Hbond substituents is 1. The van der Waals surface area contributed by atoms with Gasteiger partial charge in [-0.05, 0) is 23.9 Å². The van der Waals surface area contributed by atoms with Crippen LogP contribution in [0.5, 0.6) is 11.5 Å². The summed E-state index contributed by atoms with van der Waals surface area (Å²) in [6.45, 7) is 7.47. The fourth-order valence-corrected chi connectivity index (χ4v) is 4.97. The summed E-state index contributed by atoms with van der Waals surface area (Å²) in [4.78, 5) is 27.4. The monoisotopic (exact) mass is 475 g/mol. The number of fused-ring (bicyclic) bond motifs is 2. The van der Waals surface area contributed by atoms with Gasteiger partial charge in [-0.2, -0.15) is 0 Å². The van der Waals surface area contributed by atoms with E-state index >= 15 is 0 Å². The summed E-state index contributed by atoms with van der Waals surface area (Å²) in [6, 6.07) is 9.57.